The number of methoxy groups -OCH3 is 1. The predicted octanol–water partition coefficient (Wildman–Crippen LogP) is 0.834. The summed E-state index contributed by atoms with van der Waals surface area (Å²) in [6, 6.07) is 0. The fourth-order valence-corrected chi connectivity index (χ4v) is 2.00. The summed E-state index contributed by atoms with van der Waals surface area (Å²) in [6.07, 6.45) is 5.55. The Labute approximate surface area is 91.0 Å². The highest BCUT2D eigenvalue weighted by Gasteiger charge is 2.28. The van der Waals surface area contributed by atoms with Gasteiger partial charge in [0.2, 0.25) is 0 Å². The monoisotopic (exact) mass is 215 g/mol. The standard InChI is InChI=1S/C11H21NO3/c1-15-10(13)5-8-12-9-11(14)6-3-2-4-7-11/h12,14H,2-9H2,1H3. The molecule has 0 amide bonds. The van der Waals surface area contributed by atoms with Gasteiger partial charge in [-0.1, -0.05) is 19.3 Å². The van der Waals surface area contributed by atoms with Crippen LogP contribution in [-0.4, -0.2) is 36.9 Å². The number of hydrogen-bond donors (Lipinski definition) is 2. The number of aliphatic hydroxyl groups is 1. The number of carbonyl (C=O) groups is 1. The summed E-state index contributed by atoms with van der Waals surface area (Å²) in [6.45, 7) is 1.17. The van der Waals surface area contributed by atoms with Crippen molar-refractivity contribution in [3.8, 4) is 0 Å². The Hall–Kier alpha value is -0.610. The second-order valence-corrected chi connectivity index (χ2v) is 4.29. The van der Waals surface area contributed by atoms with Crippen molar-refractivity contribution in [3.63, 3.8) is 0 Å². The van der Waals surface area contributed by atoms with Gasteiger partial charge in [0.1, 0.15) is 0 Å². The third kappa shape index (κ3) is 4.62. The Kier molecular flexibility index (Phi) is 5.05. The van der Waals surface area contributed by atoms with E-state index in [-0.39, 0.29) is 5.97 Å². The lowest BCUT2D eigenvalue weighted by molar-refractivity contribution is -0.140. The minimum Gasteiger partial charge on any atom is -0.469 e. The summed E-state index contributed by atoms with van der Waals surface area (Å²) in [5.74, 6) is -0.210. The number of carbonyl (C=O) groups excluding carboxylic acids is 1. The van der Waals surface area contributed by atoms with Gasteiger partial charge in [-0.2, -0.15) is 0 Å². The van der Waals surface area contributed by atoms with Crippen LogP contribution in [0.5, 0.6) is 0 Å². The molecule has 0 aromatic rings. The van der Waals surface area contributed by atoms with E-state index in [2.05, 4.69) is 10.1 Å². The van der Waals surface area contributed by atoms with Gasteiger partial charge in [-0.05, 0) is 12.8 Å². The lowest BCUT2D eigenvalue weighted by atomic mass is 9.85. The van der Waals surface area contributed by atoms with Crippen LogP contribution in [0.3, 0.4) is 0 Å². The Morgan fingerprint density at radius 3 is 2.67 bits per heavy atom. The van der Waals surface area contributed by atoms with Gasteiger partial charge < -0.3 is 15.2 Å². The lowest BCUT2D eigenvalue weighted by Crippen LogP contribution is -2.42. The zero-order valence-corrected chi connectivity index (χ0v) is 9.42. The van der Waals surface area contributed by atoms with E-state index in [0.29, 0.717) is 19.5 Å². The number of nitrogens with one attached hydrogen (secondary N) is 1. The van der Waals surface area contributed by atoms with Crippen LogP contribution in [0.1, 0.15) is 38.5 Å². The highest BCUT2D eigenvalue weighted by Crippen LogP contribution is 2.27. The van der Waals surface area contributed by atoms with Crippen molar-refractivity contribution in [1.29, 1.82) is 0 Å². The van der Waals surface area contributed by atoms with Crippen LogP contribution in [0, 0.1) is 0 Å². The molecule has 0 saturated heterocycles. The third-order valence-electron chi connectivity index (χ3n) is 2.97. The van der Waals surface area contributed by atoms with Crippen molar-refractivity contribution in [2.24, 2.45) is 0 Å². The van der Waals surface area contributed by atoms with Gasteiger partial charge in [0.05, 0.1) is 19.1 Å². The highest BCUT2D eigenvalue weighted by atomic mass is 16.5. The van der Waals surface area contributed by atoms with E-state index < -0.39 is 5.60 Å². The molecule has 4 heteroatoms. The maximum atomic E-state index is 10.8. The average molecular weight is 215 g/mol. The Morgan fingerprint density at radius 2 is 2.07 bits per heavy atom. The number of esters is 1. The van der Waals surface area contributed by atoms with Crippen LogP contribution < -0.4 is 5.32 Å². The van der Waals surface area contributed by atoms with Gasteiger partial charge in [0, 0.05) is 13.1 Å². The molecule has 1 aliphatic carbocycles. The first-order valence-corrected chi connectivity index (χ1v) is 5.66. The maximum absolute atomic E-state index is 10.8. The number of hydrogen-bond acceptors (Lipinski definition) is 4. The molecule has 1 fully saturated rings. The van der Waals surface area contributed by atoms with Crippen LogP contribution in [0.15, 0.2) is 0 Å². The largest absolute Gasteiger partial charge is 0.469 e. The van der Waals surface area contributed by atoms with Crippen LogP contribution in [-0.2, 0) is 9.53 Å². The number of rotatable bonds is 5. The molecule has 1 aliphatic rings. The van der Waals surface area contributed by atoms with E-state index in [1.807, 2.05) is 0 Å². The zero-order valence-electron chi connectivity index (χ0n) is 9.42. The molecule has 0 spiro atoms. The summed E-state index contributed by atoms with van der Waals surface area (Å²) in [7, 11) is 1.39. The third-order valence-corrected chi connectivity index (χ3v) is 2.97. The predicted molar refractivity (Wildman–Crippen MR) is 57.5 cm³/mol. The first kappa shape index (κ1) is 12.5. The molecular weight excluding hydrogens is 194 g/mol. The molecule has 1 rings (SSSR count). The molecule has 1 saturated carbocycles. The van der Waals surface area contributed by atoms with Crippen molar-refractivity contribution >= 4 is 5.97 Å². The van der Waals surface area contributed by atoms with Crippen molar-refractivity contribution in [3.05, 3.63) is 0 Å². The lowest BCUT2D eigenvalue weighted by Gasteiger charge is -2.32. The molecule has 0 radical (unpaired) electrons. The van der Waals surface area contributed by atoms with E-state index >= 15 is 0 Å². The van der Waals surface area contributed by atoms with Gasteiger partial charge in [-0.25, -0.2) is 0 Å². The van der Waals surface area contributed by atoms with Crippen LogP contribution in [0.4, 0.5) is 0 Å². The van der Waals surface area contributed by atoms with Gasteiger partial charge in [0.25, 0.3) is 0 Å². The molecular formula is C11H21NO3. The van der Waals surface area contributed by atoms with E-state index in [0.717, 1.165) is 25.7 Å². The normalized spacial score (nSPS) is 19.9. The van der Waals surface area contributed by atoms with Crippen molar-refractivity contribution in [1.82, 2.24) is 5.32 Å². The SMILES string of the molecule is COC(=O)CCNCC1(O)CCCCC1. The van der Waals surface area contributed by atoms with E-state index in [1.165, 1.54) is 13.5 Å². The molecule has 88 valence electrons. The van der Waals surface area contributed by atoms with Crippen LogP contribution in [0.2, 0.25) is 0 Å². The molecule has 0 aromatic heterocycles. The molecule has 0 unspecified atom stereocenters. The van der Waals surface area contributed by atoms with Crippen molar-refractivity contribution < 1.29 is 14.6 Å². The molecule has 4 nitrogen and oxygen atoms in total. The van der Waals surface area contributed by atoms with Crippen molar-refractivity contribution in [2.75, 3.05) is 20.2 Å². The summed E-state index contributed by atoms with van der Waals surface area (Å²) in [5.41, 5.74) is -0.547. The average Bonchev–Trinajstić information content (AvgIpc) is 2.25. The summed E-state index contributed by atoms with van der Waals surface area (Å²) < 4.78 is 4.53. The highest BCUT2D eigenvalue weighted by molar-refractivity contribution is 5.69. The summed E-state index contributed by atoms with van der Waals surface area (Å²) in [5, 5.41) is 13.2. The van der Waals surface area contributed by atoms with Crippen LogP contribution >= 0.6 is 0 Å². The van der Waals surface area contributed by atoms with E-state index in [1.54, 1.807) is 0 Å². The molecule has 2 N–H and O–H groups in total. The Balaban J connectivity index is 2.10. The van der Waals surface area contributed by atoms with Gasteiger partial charge >= 0.3 is 5.97 Å². The Morgan fingerprint density at radius 1 is 1.40 bits per heavy atom. The van der Waals surface area contributed by atoms with Gasteiger partial charge in [-0.15, -0.1) is 0 Å². The maximum Gasteiger partial charge on any atom is 0.306 e. The molecule has 0 aliphatic heterocycles. The molecule has 0 bridgehead atoms. The fourth-order valence-electron chi connectivity index (χ4n) is 2.00. The van der Waals surface area contributed by atoms with Gasteiger partial charge in [0.15, 0.2) is 0 Å². The fraction of sp³-hybridized carbons (Fsp3) is 0.909. The zero-order chi connectivity index (χ0) is 11.1. The molecule has 0 atom stereocenters. The molecule has 0 aromatic carbocycles. The summed E-state index contributed by atoms with van der Waals surface area (Å²) in [4.78, 5) is 10.8. The van der Waals surface area contributed by atoms with E-state index in [9.17, 15) is 9.90 Å². The second kappa shape index (κ2) is 6.08. The van der Waals surface area contributed by atoms with Crippen molar-refractivity contribution in [2.45, 2.75) is 44.1 Å². The quantitative estimate of drug-likeness (QED) is 0.527. The first-order chi connectivity index (χ1) is 7.16. The molecule has 15 heavy (non-hydrogen) atoms. The molecule has 0 heterocycles. The second-order valence-electron chi connectivity index (χ2n) is 4.29. The van der Waals surface area contributed by atoms with Gasteiger partial charge in [-0.3, -0.25) is 4.79 Å². The first-order valence-electron chi connectivity index (χ1n) is 5.66. The smallest absolute Gasteiger partial charge is 0.306 e. The number of ether oxygens (including phenoxy) is 1. The van der Waals surface area contributed by atoms with Crippen LogP contribution in [0.25, 0.3) is 0 Å². The Bertz CT molecular complexity index is 200. The minimum absolute atomic E-state index is 0.210. The topological polar surface area (TPSA) is 58.6 Å². The van der Waals surface area contributed by atoms with E-state index in [4.69, 9.17) is 0 Å². The minimum atomic E-state index is -0.547. The summed E-state index contributed by atoms with van der Waals surface area (Å²) >= 11 is 0.